The second kappa shape index (κ2) is 9.16. The number of rotatable bonds is 7. The summed E-state index contributed by atoms with van der Waals surface area (Å²) in [5, 5.41) is 12.2. The lowest BCUT2D eigenvalue weighted by atomic mass is 9.99. The summed E-state index contributed by atoms with van der Waals surface area (Å²) in [5.74, 6) is 0.307. The fourth-order valence-electron chi connectivity index (χ4n) is 3.41. The fourth-order valence-corrected chi connectivity index (χ4v) is 6.08. The van der Waals surface area contributed by atoms with Crippen LogP contribution in [0.3, 0.4) is 0 Å². The maximum Gasteiger partial charge on any atom is 0.322 e. The molecule has 2 aromatic heterocycles. The van der Waals surface area contributed by atoms with Gasteiger partial charge >= 0.3 is 6.01 Å². The van der Waals surface area contributed by atoms with Crippen LogP contribution < -0.4 is 10.1 Å². The van der Waals surface area contributed by atoms with Crippen molar-refractivity contribution in [2.45, 2.75) is 23.5 Å². The molecule has 0 aliphatic carbocycles. The minimum atomic E-state index is -3.58. The van der Waals surface area contributed by atoms with E-state index < -0.39 is 15.9 Å². The first-order valence-corrected chi connectivity index (χ1v) is 12.1. The van der Waals surface area contributed by atoms with Gasteiger partial charge in [-0.15, -0.1) is 16.4 Å². The molecule has 1 fully saturated rings. The summed E-state index contributed by atoms with van der Waals surface area (Å²) in [5.41, 5.74) is 0.962. The molecule has 3 aromatic rings. The van der Waals surface area contributed by atoms with Gasteiger partial charge in [-0.1, -0.05) is 23.3 Å². The van der Waals surface area contributed by atoms with E-state index in [0.29, 0.717) is 31.7 Å². The van der Waals surface area contributed by atoms with E-state index >= 15 is 0 Å². The summed E-state index contributed by atoms with van der Waals surface area (Å²) in [6, 6.07) is 10.8. The highest BCUT2D eigenvalue weighted by atomic mass is 32.2. The van der Waals surface area contributed by atoms with Crippen molar-refractivity contribution in [2.75, 3.05) is 25.5 Å². The van der Waals surface area contributed by atoms with E-state index in [1.807, 2.05) is 24.3 Å². The second-order valence-electron chi connectivity index (χ2n) is 7.15. The molecule has 9 nitrogen and oxygen atoms in total. The van der Waals surface area contributed by atoms with Gasteiger partial charge in [0.05, 0.1) is 19.4 Å². The molecule has 1 unspecified atom stereocenters. The number of anilines is 1. The zero-order chi connectivity index (χ0) is 21.8. The van der Waals surface area contributed by atoms with Crippen LogP contribution in [0.5, 0.6) is 5.75 Å². The number of hydrogen-bond donors (Lipinski definition) is 1. The van der Waals surface area contributed by atoms with Gasteiger partial charge in [-0.3, -0.25) is 10.1 Å². The van der Waals surface area contributed by atoms with E-state index in [4.69, 9.17) is 9.15 Å². The highest BCUT2D eigenvalue weighted by Crippen LogP contribution is 2.27. The Morgan fingerprint density at radius 1 is 1.29 bits per heavy atom. The molecule has 1 atom stereocenters. The summed E-state index contributed by atoms with van der Waals surface area (Å²) < 4.78 is 37.8. The molecule has 1 N–H and O–H groups in total. The third-order valence-electron chi connectivity index (χ3n) is 5.06. The predicted molar refractivity (Wildman–Crippen MR) is 115 cm³/mol. The number of carbonyl (C=O) groups excluding carboxylic acids is 1. The molecule has 1 aliphatic heterocycles. The van der Waals surface area contributed by atoms with Gasteiger partial charge in [0.2, 0.25) is 11.8 Å². The van der Waals surface area contributed by atoms with Crippen LogP contribution in [0.2, 0.25) is 0 Å². The van der Waals surface area contributed by atoms with Crippen LogP contribution >= 0.6 is 11.3 Å². The average Bonchev–Trinajstić information content (AvgIpc) is 3.47. The summed E-state index contributed by atoms with van der Waals surface area (Å²) in [6.07, 6.45) is 1.62. The van der Waals surface area contributed by atoms with E-state index in [0.717, 1.165) is 11.3 Å². The molecular weight excluding hydrogens is 440 g/mol. The predicted octanol–water partition coefficient (Wildman–Crippen LogP) is 2.77. The first-order chi connectivity index (χ1) is 15.0. The van der Waals surface area contributed by atoms with Gasteiger partial charge in [-0.05, 0) is 42.0 Å². The van der Waals surface area contributed by atoms with Crippen LogP contribution in [-0.2, 0) is 21.2 Å². The second-order valence-corrected chi connectivity index (χ2v) is 10.3. The van der Waals surface area contributed by atoms with Crippen molar-refractivity contribution in [2.24, 2.45) is 5.92 Å². The summed E-state index contributed by atoms with van der Waals surface area (Å²) >= 11 is 1.17. The SMILES string of the molecule is COc1ccc(Cc2nnc(NC(=O)C3CCCN(S(=O)(=O)c4cccs4)C3)o2)cc1. The number of sulfonamides is 1. The Balaban J connectivity index is 1.37. The Bertz CT molecular complexity index is 1130. The molecule has 11 heteroatoms. The zero-order valence-corrected chi connectivity index (χ0v) is 18.5. The average molecular weight is 463 g/mol. The molecule has 1 aliphatic rings. The largest absolute Gasteiger partial charge is 0.497 e. The quantitative estimate of drug-likeness (QED) is 0.574. The molecule has 0 bridgehead atoms. The van der Waals surface area contributed by atoms with E-state index in [-0.39, 0.29) is 22.7 Å². The van der Waals surface area contributed by atoms with Gasteiger partial charge in [0, 0.05) is 13.1 Å². The van der Waals surface area contributed by atoms with Crippen LogP contribution in [-0.4, -0.2) is 49.0 Å². The standard InChI is InChI=1S/C20H22N4O5S2/c1-28-16-8-6-14(7-9-16)12-17-22-23-20(29-17)21-19(25)15-4-2-10-24(13-15)31(26,27)18-5-3-11-30-18/h3,5-9,11,15H,2,4,10,12-13H2,1H3,(H,21,23,25). The third kappa shape index (κ3) is 4.94. The maximum absolute atomic E-state index is 12.7. The Morgan fingerprint density at radius 2 is 2.10 bits per heavy atom. The molecule has 1 amide bonds. The van der Waals surface area contributed by atoms with Crippen molar-refractivity contribution >= 4 is 33.3 Å². The van der Waals surface area contributed by atoms with Gasteiger partial charge in [-0.2, -0.15) is 4.31 Å². The number of piperidine rings is 1. The molecule has 3 heterocycles. The van der Waals surface area contributed by atoms with Crippen LogP contribution in [0, 0.1) is 5.92 Å². The van der Waals surface area contributed by atoms with E-state index in [1.54, 1.807) is 24.6 Å². The fraction of sp³-hybridized carbons (Fsp3) is 0.350. The van der Waals surface area contributed by atoms with Gasteiger partial charge in [-0.25, -0.2) is 8.42 Å². The summed E-state index contributed by atoms with van der Waals surface area (Å²) in [7, 11) is -1.98. The van der Waals surface area contributed by atoms with Crippen molar-refractivity contribution in [3.8, 4) is 5.75 Å². The molecule has 1 saturated heterocycles. The lowest BCUT2D eigenvalue weighted by molar-refractivity contribution is -0.121. The smallest absolute Gasteiger partial charge is 0.322 e. The third-order valence-corrected chi connectivity index (χ3v) is 8.29. The first-order valence-electron chi connectivity index (χ1n) is 9.75. The number of nitrogens with one attached hydrogen (secondary N) is 1. The monoisotopic (exact) mass is 462 g/mol. The van der Waals surface area contributed by atoms with Crippen LogP contribution in [0.1, 0.15) is 24.3 Å². The Morgan fingerprint density at radius 3 is 2.81 bits per heavy atom. The van der Waals surface area contributed by atoms with E-state index in [2.05, 4.69) is 15.5 Å². The van der Waals surface area contributed by atoms with Crippen molar-refractivity contribution in [1.82, 2.24) is 14.5 Å². The Labute approximate surface area is 184 Å². The highest BCUT2D eigenvalue weighted by molar-refractivity contribution is 7.91. The molecular formula is C20H22N4O5S2. The van der Waals surface area contributed by atoms with Crippen molar-refractivity contribution in [1.29, 1.82) is 0 Å². The number of hydrogen-bond acceptors (Lipinski definition) is 8. The number of nitrogens with zero attached hydrogens (tertiary/aromatic N) is 3. The van der Waals surface area contributed by atoms with Crippen molar-refractivity contribution in [3.63, 3.8) is 0 Å². The van der Waals surface area contributed by atoms with Crippen LogP contribution in [0.25, 0.3) is 0 Å². The first kappa shape index (κ1) is 21.5. The van der Waals surface area contributed by atoms with Gasteiger partial charge < -0.3 is 9.15 Å². The molecule has 0 saturated carbocycles. The zero-order valence-electron chi connectivity index (χ0n) is 16.9. The summed E-state index contributed by atoms with van der Waals surface area (Å²) in [4.78, 5) is 12.7. The molecule has 164 valence electrons. The number of benzene rings is 1. The molecule has 0 spiro atoms. The highest BCUT2D eigenvalue weighted by Gasteiger charge is 2.34. The normalized spacial score (nSPS) is 17.4. The molecule has 4 rings (SSSR count). The number of thiophene rings is 1. The van der Waals surface area contributed by atoms with E-state index in [1.165, 1.54) is 15.6 Å². The number of ether oxygens (including phenoxy) is 1. The summed E-state index contributed by atoms with van der Waals surface area (Å²) in [6.45, 7) is 0.523. The van der Waals surface area contributed by atoms with Crippen LogP contribution in [0.15, 0.2) is 50.4 Å². The minimum Gasteiger partial charge on any atom is -0.497 e. The Hall–Kier alpha value is -2.76. The number of carbonyl (C=O) groups is 1. The Kier molecular flexibility index (Phi) is 6.35. The number of aromatic nitrogens is 2. The van der Waals surface area contributed by atoms with Crippen molar-refractivity contribution in [3.05, 3.63) is 53.2 Å². The van der Waals surface area contributed by atoms with Gasteiger partial charge in [0.1, 0.15) is 9.96 Å². The van der Waals surface area contributed by atoms with Crippen molar-refractivity contribution < 1.29 is 22.4 Å². The van der Waals surface area contributed by atoms with Crippen LogP contribution in [0.4, 0.5) is 6.01 Å². The molecule has 31 heavy (non-hydrogen) atoms. The topological polar surface area (TPSA) is 115 Å². The molecule has 1 aromatic carbocycles. The maximum atomic E-state index is 12.7. The molecule has 0 radical (unpaired) electrons. The lowest BCUT2D eigenvalue weighted by Crippen LogP contribution is -2.43. The lowest BCUT2D eigenvalue weighted by Gasteiger charge is -2.30. The van der Waals surface area contributed by atoms with E-state index in [9.17, 15) is 13.2 Å². The van der Waals surface area contributed by atoms with Gasteiger partial charge in [0.15, 0.2) is 0 Å². The minimum absolute atomic E-state index is 0.00625. The number of amides is 1. The number of methoxy groups -OCH3 is 1. The van der Waals surface area contributed by atoms with Gasteiger partial charge in [0.25, 0.3) is 10.0 Å².